The second-order valence-corrected chi connectivity index (χ2v) is 9.61. The number of amides is 1. The number of nitrogens with zero attached hydrogens (tertiary/aromatic N) is 3. The summed E-state index contributed by atoms with van der Waals surface area (Å²) in [6, 6.07) is 8.16. The Labute approximate surface area is 166 Å². The summed E-state index contributed by atoms with van der Waals surface area (Å²) in [6.07, 6.45) is 5.37. The fraction of sp³-hybridized carbons (Fsp3) is 0.500. The maximum atomic E-state index is 13.0. The van der Waals surface area contributed by atoms with E-state index in [-0.39, 0.29) is 10.8 Å². The smallest absolute Gasteiger partial charge is 0.251 e. The normalized spacial score (nSPS) is 20.8. The minimum atomic E-state index is -3.60. The highest BCUT2D eigenvalue weighted by atomic mass is 32.2. The van der Waals surface area contributed by atoms with Crippen molar-refractivity contribution in [3.05, 3.63) is 48.3 Å². The van der Waals surface area contributed by atoms with Gasteiger partial charge in [0, 0.05) is 44.1 Å². The molecule has 1 aromatic heterocycles. The van der Waals surface area contributed by atoms with Crippen LogP contribution in [0.5, 0.6) is 0 Å². The lowest BCUT2D eigenvalue weighted by molar-refractivity contribution is 0.0952. The van der Waals surface area contributed by atoms with Crippen molar-refractivity contribution < 1.29 is 13.2 Å². The molecule has 1 amide bonds. The molecule has 2 unspecified atom stereocenters. The van der Waals surface area contributed by atoms with E-state index in [9.17, 15) is 13.2 Å². The number of sulfonamides is 1. The highest BCUT2D eigenvalue weighted by Crippen LogP contribution is 2.27. The Balaban J connectivity index is 1.63. The van der Waals surface area contributed by atoms with Gasteiger partial charge < -0.3 is 5.32 Å². The molecular weight excluding hydrogens is 376 g/mol. The molecule has 1 aliphatic rings. The zero-order valence-electron chi connectivity index (χ0n) is 16.4. The third kappa shape index (κ3) is 4.99. The predicted molar refractivity (Wildman–Crippen MR) is 107 cm³/mol. The van der Waals surface area contributed by atoms with Gasteiger partial charge in [0.05, 0.1) is 4.90 Å². The summed E-state index contributed by atoms with van der Waals surface area (Å²) in [4.78, 5) is 12.6. The summed E-state index contributed by atoms with van der Waals surface area (Å²) in [7, 11) is -3.60. The molecule has 2 heterocycles. The predicted octanol–water partition coefficient (Wildman–Crippen LogP) is 2.37. The summed E-state index contributed by atoms with van der Waals surface area (Å²) < 4.78 is 29.4. The van der Waals surface area contributed by atoms with Crippen LogP contribution < -0.4 is 5.32 Å². The molecule has 1 aliphatic heterocycles. The Morgan fingerprint density at radius 2 is 1.96 bits per heavy atom. The summed E-state index contributed by atoms with van der Waals surface area (Å²) in [6.45, 7) is 6.41. The topological polar surface area (TPSA) is 84.3 Å². The fourth-order valence-electron chi connectivity index (χ4n) is 3.73. The molecule has 8 heteroatoms. The average Bonchev–Trinajstić information content (AvgIpc) is 3.18. The van der Waals surface area contributed by atoms with Crippen LogP contribution in [0.2, 0.25) is 0 Å². The van der Waals surface area contributed by atoms with E-state index in [0.717, 1.165) is 12.8 Å². The number of carbonyl (C=O) groups is 1. The second kappa shape index (κ2) is 8.87. The third-order valence-corrected chi connectivity index (χ3v) is 6.81. The second-order valence-electron chi connectivity index (χ2n) is 7.67. The van der Waals surface area contributed by atoms with E-state index >= 15 is 0 Å². The van der Waals surface area contributed by atoms with Gasteiger partial charge in [-0.2, -0.15) is 9.40 Å². The summed E-state index contributed by atoms with van der Waals surface area (Å²) in [5, 5.41) is 6.96. The number of nitrogens with one attached hydrogen (secondary N) is 1. The Hall–Kier alpha value is -2.19. The number of hydrogen-bond donors (Lipinski definition) is 1. The maximum Gasteiger partial charge on any atom is 0.251 e. The molecule has 152 valence electrons. The monoisotopic (exact) mass is 404 g/mol. The van der Waals surface area contributed by atoms with E-state index in [2.05, 4.69) is 24.3 Å². The number of aryl methyl sites for hydroxylation is 1. The lowest BCUT2D eigenvalue weighted by Crippen LogP contribution is -2.42. The van der Waals surface area contributed by atoms with Gasteiger partial charge in [-0.05, 0) is 48.9 Å². The minimum absolute atomic E-state index is 0.179. The van der Waals surface area contributed by atoms with Crippen molar-refractivity contribution in [2.45, 2.75) is 38.1 Å². The van der Waals surface area contributed by atoms with Crippen molar-refractivity contribution in [1.29, 1.82) is 0 Å². The molecule has 1 N–H and O–H groups in total. The summed E-state index contributed by atoms with van der Waals surface area (Å²) in [5.41, 5.74) is 0.360. The van der Waals surface area contributed by atoms with Gasteiger partial charge >= 0.3 is 0 Å². The van der Waals surface area contributed by atoms with Gasteiger partial charge in [-0.1, -0.05) is 19.9 Å². The van der Waals surface area contributed by atoms with Crippen LogP contribution >= 0.6 is 0 Å². The Bertz CT molecular complexity index is 886. The van der Waals surface area contributed by atoms with Crippen LogP contribution in [0.4, 0.5) is 0 Å². The van der Waals surface area contributed by atoms with Crippen LogP contribution in [-0.4, -0.2) is 48.0 Å². The molecule has 3 rings (SSSR count). The first kappa shape index (κ1) is 20.5. The summed E-state index contributed by atoms with van der Waals surface area (Å²) in [5.74, 6) is 0.400. The fourth-order valence-corrected chi connectivity index (χ4v) is 5.45. The van der Waals surface area contributed by atoms with Gasteiger partial charge in [-0.15, -0.1) is 0 Å². The quantitative estimate of drug-likeness (QED) is 0.718. The van der Waals surface area contributed by atoms with Crippen molar-refractivity contribution >= 4 is 15.9 Å². The first-order valence-electron chi connectivity index (χ1n) is 9.72. The van der Waals surface area contributed by atoms with Crippen LogP contribution in [0, 0.1) is 11.8 Å². The van der Waals surface area contributed by atoms with Gasteiger partial charge in [0.1, 0.15) is 0 Å². The first-order valence-corrected chi connectivity index (χ1v) is 11.2. The first-order chi connectivity index (χ1) is 13.4. The number of benzene rings is 1. The van der Waals surface area contributed by atoms with Crippen molar-refractivity contribution in [3.8, 4) is 0 Å². The van der Waals surface area contributed by atoms with Gasteiger partial charge in [0.15, 0.2) is 0 Å². The van der Waals surface area contributed by atoms with Gasteiger partial charge in [0.2, 0.25) is 10.0 Å². The Morgan fingerprint density at radius 3 is 2.64 bits per heavy atom. The standard InChI is InChI=1S/C20H28N4O3S/c1-16-12-17(2)15-24(14-16)28(26,27)19-7-3-6-18(13-19)20(25)21-8-4-10-23-11-5-9-22-23/h3,5-7,9,11,13,16-17H,4,8,10,12,14-15H2,1-2H3,(H,21,25). The highest BCUT2D eigenvalue weighted by Gasteiger charge is 2.31. The third-order valence-electron chi connectivity index (χ3n) is 4.98. The SMILES string of the molecule is CC1CC(C)CN(S(=O)(=O)c2cccc(C(=O)NCCCn3cccn3)c2)C1. The van der Waals surface area contributed by atoms with E-state index in [0.29, 0.717) is 43.6 Å². The highest BCUT2D eigenvalue weighted by molar-refractivity contribution is 7.89. The maximum absolute atomic E-state index is 13.0. The summed E-state index contributed by atoms with van der Waals surface area (Å²) >= 11 is 0. The van der Waals surface area contributed by atoms with E-state index < -0.39 is 10.0 Å². The lowest BCUT2D eigenvalue weighted by Gasteiger charge is -2.34. The van der Waals surface area contributed by atoms with Crippen LogP contribution in [0.1, 0.15) is 37.0 Å². The van der Waals surface area contributed by atoms with Crippen LogP contribution in [-0.2, 0) is 16.6 Å². The van der Waals surface area contributed by atoms with Crippen molar-refractivity contribution in [1.82, 2.24) is 19.4 Å². The zero-order valence-corrected chi connectivity index (χ0v) is 17.2. The van der Waals surface area contributed by atoms with Gasteiger partial charge in [0.25, 0.3) is 5.91 Å². The Kier molecular flexibility index (Phi) is 6.51. The molecule has 2 aromatic rings. The molecule has 1 aromatic carbocycles. The van der Waals surface area contributed by atoms with Gasteiger partial charge in [-0.25, -0.2) is 8.42 Å². The van der Waals surface area contributed by atoms with E-state index in [1.807, 2.05) is 12.3 Å². The molecule has 0 bridgehead atoms. The largest absolute Gasteiger partial charge is 0.352 e. The molecule has 0 spiro atoms. The molecule has 0 aliphatic carbocycles. The molecule has 1 fully saturated rings. The van der Waals surface area contributed by atoms with Crippen LogP contribution in [0.15, 0.2) is 47.6 Å². The molecule has 0 radical (unpaired) electrons. The lowest BCUT2D eigenvalue weighted by atomic mass is 9.94. The van der Waals surface area contributed by atoms with E-state index in [1.165, 1.54) is 6.07 Å². The number of rotatable bonds is 7. The van der Waals surface area contributed by atoms with Crippen molar-refractivity contribution in [2.75, 3.05) is 19.6 Å². The molecule has 28 heavy (non-hydrogen) atoms. The molecule has 2 atom stereocenters. The average molecular weight is 405 g/mol. The van der Waals surface area contributed by atoms with Crippen molar-refractivity contribution in [2.24, 2.45) is 11.8 Å². The number of piperidine rings is 1. The molecule has 7 nitrogen and oxygen atoms in total. The number of hydrogen-bond acceptors (Lipinski definition) is 4. The van der Waals surface area contributed by atoms with Crippen LogP contribution in [0.3, 0.4) is 0 Å². The molecule has 0 saturated carbocycles. The van der Waals surface area contributed by atoms with Gasteiger partial charge in [-0.3, -0.25) is 9.48 Å². The number of aromatic nitrogens is 2. The molecule has 1 saturated heterocycles. The zero-order chi connectivity index (χ0) is 20.1. The minimum Gasteiger partial charge on any atom is -0.352 e. The van der Waals surface area contributed by atoms with E-state index in [1.54, 1.807) is 33.4 Å². The van der Waals surface area contributed by atoms with Crippen molar-refractivity contribution in [3.63, 3.8) is 0 Å². The Morgan fingerprint density at radius 1 is 1.21 bits per heavy atom. The number of carbonyl (C=O) groups excluding carboxylic acids is 1. The van der Waals surface area contributed by atoms with Crippen LogP contribution in [0.25, 0.3) is 0 Å². The molecular formula is C20H28N4O3S. The van der Waals surface area contributed by atoms with E-state index in [4.69, 9.17) is 0 Å².